The van der Waals surface area contributed by atoms with Crippen LogP contribution in [0.2, 0.25) is 0 Å². The first-order valence-electron chi connectivity index (χ1n) is 16.3. The highest BCUT2D eigenvalue weighted by Crippen LogP contribution is 2.52. The highest BCUT2D eigenvalue weighted by Gasteiger charge is 2.44. The standard InChI is InChI=1S/C36H43N2O9S/c1-4-5-12-25(2)30(39)21-19-26-20-22-31-33(26)29-17-9-13-27(34(29)46-31)14-10-18-32(40)44-23-11-24-45-35-36(38(43-3)47-37-35)48(41,42)28-15-7-6-8-16-28/h6-9,13,15-17,19,21,25-26,30-31,33,39H,10-12,14,18,20,22-24H2,1-3H3/q+1/b21-19+/t25?,26-,30+,31-,33-/m1/s1. The van der Waals surface area contributed by atoms with Gasteiger partial charge in [0.2, 0.25) is 5.16 Å². The summed E-state index contributed by atoms with van der Waals surface area (Å²) in [5, 5.41) is 13.9. The molecular formula is C36H43N2O9S+. The van der Waals surface area contributed by atoms with Gasteiger partial charge in [0.25, 0.3) is 9.84 Å². The lowest BCUT2D eigenvalue weighted by molar-refractivity contribution is -1.04. The number of rotatable bonds is 16. The number of hydrogen-bond acceptors (Lipinski definition) is 10. The minimum Gasteiger partial charge on any atom is -0.489 e. The van der Waals surface area contributed by atoms with E-state index >= 15 is 0 Å². The minimum absolute atomic E-state index is 0.0318. The molecule has 2 aromatic carbocycles. The van der Waals surface area contributed by atoms with E-state index in [9.17, 15) is 18.3 Å². The molecule has 11 nitrogen and oxygen atoms in total. The molecule has 0 radical (unpaired) electrons. The third kappa shape index (κ3) is 8.02. The van der Waals surface area contributed by atoms with Gasteiger partial charge in [-0.3, -0.25) is 4.79 Å². The average molecular weight is 680 g/mol. The largest absolute Gasteiger partial charge is 0.489 e. The fourth-order valence-electron chi connectivity index (χ4n) is 6.23. The van der Waals surface area contributed by atoms with E-state index in [0.29, 0.717) is 36.5 Å². The van der Waals surface area contributed by atoms with Crippen molar-refractivity contribution in [3.63, 3.8) is 0 Å². The van der Waals surface area contributed by atoms with E-state index in [1.54, 1.807) is 18.2 Å². The van der Waals surface area contributed by atoms with Gasteiger partial charge in [0.15, 0.2) is 4.90 Å². The smallest absolute Gasteiger partial charge is 0.445 e. The topological polar surface area (TPSA) is 138 Å². The molecule has 0 saturated heterocycles. The summed E-state index contributed by atoms with van der Waals surface area (Å²) in [5.74, 6) is 6.93. The van der Waals surface area contributed by atoms with E-state index in [2.05, 4.69) is 41.3 Å². The van der Waals surface area contributed by atoms with Crippen LogP contribution in [0.25, 0.3) is 0 Å². The molecule has 5 atom stereocenters. The van der Waals surface area contributed by atoms with Crippen LogP contribution in [0.15, 0.2) is 75.2 Å². The summed E-state index contributed by atoms with van der Waals surface area (Å²) in [6.45, 7) is 3.96. The lowest BCUT2D eigenvalue weighted by Crippen LogP contribution is -2.43. The predicted octanol–water partition coefficient (Wildman–Crippen LogP) is 4.41. The van der Waals surface area contributed by atoms with Crippen molar-refractivity contribution in [1.82, 2.24) is 5.16 Å². The van der Waals surface area contributed by atoms with Crippen LogP contribution in [0.3, 0.4) is 0 Å². The van der Waals surface area contributed by atoms with E-state index in [4.69, 9.17) is 23.7 Å². The molecule has 5 rings (SSSR count). The van der Waals surface area contributed by atoms with Crippen molar-refractivity contribution in [1.29, 1.82) is 0 Å². The minimum atomic E-state index is -4.03. The highest BCUT2D eigenvalue weighted by atomic mass is 32.2. The second-order valence-electron chi connectivity index (χ2n) is 12.1. The molecule has 1 N–H and O–H groups in total. The van der Waals surface area contributed by atoms with Crippen LogP contribution in [-0.4, -0.2) is 57.2 Å². The van der Waals surface area contributed by atoms with Gasteiger partial charge < -0.3 is 24.2 Å². The molecule has 1 aliphatic carbocycles. The molecular weight excluding hydrogens is 636 g/mol. The zero-order chi connectivity index (χ0) is 34.1. The highest BCUT2D eigenvalue weighted by molar-refractivity contribution is 7.91. The number of ether oxygens (including phenoxy) is 3. The Morgan fingerprint density at radius 1 is 1.15 bits per heavy atom. The Balaban J connectivity index is 1.07. The lowest BCUT2D eigenvalue weighted by Gasteiger charge is -2.17. The second-order valence-corrected chi connectivity index (χ2v) is 13.9. The number of aliphatic hydroxyl groups excluding tert-OH is 1. The van der Waals surface area contributed by atoms with Crippen LogP contribution >= 0.6 is 0 Å². The summed E-state index contributed by atoms with van der Waals surface area (Å²) in [4.78, 5) is 18.1. The first-order valence-corrected chi connectivity index (χ1v) is 17.8. The molecule has 2 heterocycles. The molecule has 1 unspecified atom stereocenters. The SMILES string of the molecule is CC#CCC(C)[C@@H](O)/C=C/[C@@H]1CC[C@H]2Oc3c(CCCC(=O)OCCCOc4no[n+](OC)c4S(=O)(=O)c4ccccc4)cccc3[C@@H]12. The number of esters is 1. The molecule has 48 heavy (non-hydrogen) atoms. The molecule has 12 heteroatoms. The fraction of sp³-hybridized carbons (Fsp3) is 0.472. The van der Waals surface area contributed by atoms with Crippen molar-refractivity contribution in [3.05, 3.63) is 71.8 Å². The van der Waals surface area contributed by atoms with Crippen molar-refractivity contribution in [3.8, 4) is 23.5 Å². The zero-order valence-corrected chi connectivity index (χ0v) is 28.4. The molecule has 0 amide bonds. The van der Waals surface area contributed by atoms with Gasteiger partial charge in [0.05, 0.1) is 24.2 Å². The fourth-order valence-corrected chi connectivity index (χ4v) is 7.59. The summed E-state index contributed by atoms with van der Waals surface area (Å²) in [6.07, 6.45) is 8.17. The second kappa shape index (κ2) is 16.2. The normalized spacial score (nSPS) is 19.5. The number of carbonyl (C=O) groups is 1. The number of nitrogens with zero attached hydrogens (tertiary/aromatic N) is 2. The Bertz CT molecular complexity index is 1740. The number of aliphatic hydroxyl groups is 1. The number of hydrogen-bond donors (Lipinski definition) is 1. The molecule has 1 aliphatic heterocycles. The van der Waals surface area contributed by atoms with Gasteiger partial charge >= 0.3 is 16.9 Å². The third-order valence-electron chi connectivity index (χ3n) is 8.78. The number of carbonyl (C=O) groups excluding carboxylic acids is 1. The Morgan fingerprint density at radius 2 is 1.96 bits per heavy atom. The molecule has 1 aromatic heterocycles. The van der Waals surface area contributed by atoms with Crippen molar-refractivity contribution in [2.24, 2.45) is 11.8 Å². The Hall–Kier alpha value is -4.34. The maximum absolute atomic E-state index is 13.1. The maximum Gasteiger partial charge on any atom is 0.445 e. The summed E-state index contributed by atoms with van der Waals surface area (Å²) in [7, 11) is -2.79. The van der Waals surface area contributed by atoms with Gasteiger partial charge in [-0.1, -0.05) is 55.5 Å². The molecule has 1 saturated carbocycles. The van der Waals surface area contributed by atoms with Gasteiger partial charge in [-0.05, 0) is 66.8 Å². The number of para-hydroxylation sites is 1. The average Bonchev–Trinajstić information content (AvgIpc) is 3.81. The number of allylic oxidation sites excluding steroid dienone is 1. The van der Waals surface area contributed by atoms with Gasteiger partial charge in [0, 0.05) is 30.7 Å². The zero-order valence-electron chi connectivity index (χ0n) is 27.5. The number of fused-ring (bicyclic) bond motifs is 3. The van der Waals surface area contributed by atoms with Gasteiger partial charge in [-0.2, -0.15) is 0 Å². The lowest BCUT2D eigenvalue weighted by atomic mass is 9.86. The van der Waals surface area contributed by atoms with Crippen LogP contribution in [0.5, 0.6) is 11.6 Å². The van der Waals surface area contributed by atoms with Crippen molar-refractivity contribution < 1.29 is 46.9 Å². The molecule has 0 spiro atoms. The van der Waals surface area contributed by atoms with Crippen molar-refractivity contribution >= 4 is 15.8 Å². The van der Waals surface area contributed by atoms with Crippen molar-refractivity contribution in [2.75, 3.05) is 20.3 Å². The summed E-state index contributed by atoms with van der Waals surface area (Å²) >= 11 is 0. The van der Waals surface area contributed by atoms with Crippen LogP contribution in [-0.2, 0) is 25.8 Å². The molecule has 3 aromatic rings. The first-order chi connectivity index (χ1) is 23.2. The first kappa shape index (κ1) is 35.0. The van der Waals surface area contributed by atoms with E-state index in [0.717, 1.165) is 24.2 Å². The van der Waals surface area contributed by atoms with E-state index in [1.807, 2.05) is 19.9 Å². The monoisotopic (exact) mass is 679 g/mol. The number of benzene rings is 2. The van der Waals surface area contributed by atoms with Gasteiger partial charge in [-0.15, -0.1) is 11.8 Å². The Kier molecular flexibility index (Phi) is 11.8. The number of aromatic nitrogens is 2. The molecule has 2 aliphatic rings. The van der Waals surface area contributed by atoms with Gasteiger partial charge in [0.1, 0.15) is 19.0 Å². The van der Waals surface area contributed by atoms with E-state index in [-0.39, 0.29) is 59.3 Å². The number of sulfone groups is 1. The third-order valence-corrected chi connectivity index (χ3v) is 10.5. The molecule has 1 fully saturated rings. The quantitative estimate of drug-likeness (QED) is 0.100. The van der Waals surface area contributed by atoms with Crippen molar-refractivity contribution in [2.45, 2.75) is 86.8 Å². The molecule has 256 valence electrons. The van der Waals surface area contributed by atoms with Crippen LogP contribution in [0, 0.1) is 23.7 Å². The summed E-state index contributed by atoms with van der Waals surface area (Å²) in [6, 6.07) is 14.0. The van der Waals surface area contributed by atoms with E-state index in [1.165, 1.54) is 24.8 Å². The Labute approximate surface area is 281 Å². The predicted molar refractivity (Wildman–Crippen MR) is 174 cm³/mol. The van der Waals surface area contributed by atoms with Crippen LogP contribution < -0.4 is 19.2 Å². The van der Waals surface area contributed by atoms with Crippen LogP contribution in [0.1, 0.15) is 69.4 Å². The maximum atomic E-state index is 13.1. The summed E-state index contributed by atoms with van der Waals surface area (Å²) in [5.41, 5.74) is 2.29. The number of aryl methyl sites for hydroxylation is 1. The Morgan fingerprint density at radius 3 is 2.73 bits per heavy atom. The van der Waals surface area contributed by atoms with Crippen LogP contribution in [0.4, 0.5) is 0 Å². The summed E-state index contributed by atoms with van der Waals surface area (Å²) < 4.78 is 48.6. The van der Waals surface area contributed by atoms with E-state index < -0.39 is 15.9 Å². The van der Waals surface area contributed by atoms with Gasteiger partial charge in [-0.25, -0.2) is 8.42 Å². The molecule has 0 bridgehead atoms.